The number of primary amides is 1. The molecule has 0 rings (SSSR count). The van der Waals surface area contributed by atoms with Crippen LogP contribution in [0.2, 0.25) is 0 Å². The van der Waals surface area contributed by atoms with Gasteiger partial charge in [0.05, 0.1) is 25.2 Å². The van der Waals surface area contributed by atoms with E-state index in [0.29, 0.717) is 0 Å². The minimum Gasteiger partial charge on any atom is -0.481 e. The van der Waals surface area contributed by atoms with Crippen LogP contribution in [-0.4, -0.2) is 219 Å². The lowest BCUT2D eigenvalue weighted by Crippen LogP contribution is -2.62. The van der Waals surface area contributed by atoms with Crippen LogP contribution in [0.1, 0.15) is 131 Å². The van der Waals surface area contributed by atoms with Crippen molar-refractivity contribution in [3.8, 4) is 0 Å². The Balaban J connectivity index is 7.19. The molecule has 38 nitrogen and oxygen atoms in total. The van der Waals surface area contributed by atoms with Crippen molar-refractivity contribution in [2.45, 2.75) is 204 Å². The molecule has 12 atom stereocenters. The highest BCUT2D eigenvalue weighted by Gasteiger charge is 2.38. The van der Waals surface area contributed by atoms with Crippen LogP contribution in [0.15, 0.2) is 9.98 Å². The Labute approximate surface area is 531 Å². The van der Waals surface area contributed by atoms with Crippen LogP contribution in [-0.2, 0) is 67.1 Å². The van der Waals surface area contributed by atoms with E-state index >= 15 is 0 Å². The molecule has 0 aliphatic heterocycles. The second-order valence-electron chi connectivity index (χ2n) is 22.6. The fourth-order valence-electron chi connectivity index (χ4n) is 8.50. The van der Waals surface area contributed by atoms with Gasteiger partial charge in [-0.05, 0) is 103 Å². The number of carboxylic acid groups (broad SMARTS) is 3. The number of unbranched alkanes of at least 4 members (excludes halogenated alkanes) is 1. The Hall–Kier alpha value is -9.04. The minimum atomic E-state index is -2.01. The minimum absolute atomic E-state index is 0.0256. The summed E-state index contributed by atoms with van der Waals surface area (Å²) in [6.07, 6.45) is -5.57. The third-order valence-electron chi connectivity index (χ3n) is 13.3. The number of nitrogens with two attached hydrogens (primary N) is 7. The average Bonchev–Trinajstić information content (AvgIpc) is 0.897. The molecule has 0 aliphatic rings. The summed E-state index contributed by atoms with van der Waals surface area (Å²) in [5, 5.41) is 72.7. The molecule has 0 spiro atoms. The molecular weight excluding hydrogens is 1220 g/mol. The molecule has 92 heavy (non-hydrogen) atoms. The van der Waals surface area contributed by atoms with Crippen LogP contribution in [0.5, 0.6) is 0 Å². The average molecular weight is 1320 g/mol. The molecule has 0 aromatic rings. The van der Waals surface area contributed by atoms with E-state index < -0.39 is 200 Å². The van der Waals surface area contributed by atoms with E-state index in [1.54, 1.807) is 27.7 Å². The Bertz CT molecular complexity index is 2560. The fourth-order valence-corrected chi connectivity index (χ4v) is 8.50. The van der Waals surface area contributed by atoms with Crippen LogP contribution in [0.3, 0.4) is 0 Å². The zero-order chi connectivity index (χ0) is 70.5. The molecule has 0 unspecified atom stereocenters. The van der Waals surface area contributed by atoms with Crippen LogP contribution in [0, 0.1) is 11.8 Å². The van der Waals surface area contributed by atoms with Gasteiger partial charge < -0.3 is 119 Å². The lowest BCUT2D eigenvalue weighted by Gasteiger charge is -2.29. The number of carbonyl (C=O) groups excluding carboxylic acids is 11. The number of nitrogens with zero attached hydrogens (tertiary/aromatic N) is 2. The summed E-state index contributed by atoms with van der Waals surface area (Å²) in [4.78, 5) is 193. The number of amides is 11. The van der Waals surface area contributed by atoms with Crippen molar-refractivity contribution in [1.29, 1.82) is 0 Å². The third kappa shape index (κ3) is 34.8. The molecule has 11 amide bonds. The van der Waals surface area contributed by atoms with Gasteiger partial charge in [-0.1, -0.05) is 27.7 Å². The Morgan fingerprint density at radius 2 is 0.739 bits per heavy atom. The van der Waals surface area contributed by atoms with Crippen LogP contribution in [0.4, 0.5) is 0 Å². The van der Waals surface area contributed by atoms with Crippen LogP contribution in [0.25, 0.3) is 0 Å². The monoisotopic (exact) mass is 1320 g/mol. The molecule has 0 radical (unpaired) electrons. The highest BCUT2D eigenvalue weighted by Crippen LogP contribution is 2.13. The second-order valence-corrected chi connectivity index (χ2v) is 22.6. The quantitative estimate of drug-likeness (QED) is 0.0153. The molecule has 29 N–H and O–H groups in total. The van der Waals surface area contributed by atoms with Crippen molar-refractivity contribution in [2.24, 2.45) is 62.0 Å². The molecular formula is C54H97N19O19. The zero-order valence-corrected chi connectivity index (χ0v) is 52.7. The molecule has 0 saturated heterocycles. The maximum absolute atomic E-state index is 14.3. The van der Waals surface area contributed by atoms with Crippen molar-refractivity contribution in [3.63, 3.8) is 0 Å². The van der Waals surface area contributed by atoms with Gasteiger partial charge in [0.15, 0.2) is 11.9 Å². The first-order chi connectivity index (χ1) is 42.9. The molecule has 0 aliphatic carbocycles. The summed E-state index contributed by atoms with van der Waals surface area (Å²) >= 11 is 0. The van der Waals surface area contributed by atoms with Crippen molar-refractivity contribution < 1.29 is 92.7 Å². The molecule has 0 heterocycles. The van der Waals surface area contributed by atoms with Crippen molar-refractivity contribution >= 4 is 94.8 Å². The van der Waals surface area contributed by atoms with E-state index in [4.69, 9.17) is 40.1 Å². The summed E-state index contributed by atoms with van der Waals surface area (Å²) in [7, 11) is 0. The Morgan fingerprint density at radius 3 is 1.09 bits per heavy atom. The number of carboxylic acids is 3. The zero-order valence-electron chi connectivity index (χ0n) is 52.7. The van der Waals surface area contributed by atoms with Gasteiger partial charge in [0, 0.05) is 25.9 Å². The van der Waals surface area contributed by atoms with E-state index in [-0.39, 0.29) is 95.3 Å². The number of hydrogen-bond acceptors (Lipinski definition) is 20. The van der Waals surface area contributed by atoms with E-state index in [0.717, 1.165) is 6.92 Å². The number of aliphatic hydroxyl groups excluding tert-OH is 2. The number of rotatable bonds is 47. The van der Waals surface area contributed by atoms with Crippen molar-refractivity contribution in [2.75, 3.05) is 26.2 Å². The number of aliphatic carboxylic acids is 3. The molecule has 0 aromatic heterocycles. The second kappa shape index (κ2) is 43.6. The highest BCUT2D eigenvalue weighted by atomic mass is 16.4. The van der Waals surface area contributed by atoms with Crippen LogP contribution < -0.4 is 93.3 Å². The van der Waals surface area contributed by atoms with Gasteiger partial charge in [-0.25, -0.2) is 4.79 Å². The first-order valence-electron chi connectivity index (χ1n) is 29.8. The molecule has 0 fully saturated rings. The summed E-state index contributed by atoms with van der Waals surface area (Å²) < 4.78 is 0. The van der Waals surface area contributed by atoms with Crippen molar-refractivity contribution in [1.82, 2.24) is 53.2 Å². The Morgan fingerprint density at radius 1 is 0.402 bits per heavy atom. The number of aliphatic imine (C=N–C) groups is 2. The number of aliphatic hydroxyl groups is 2. The van der Waals surface area contributed by atoms with Crippen LogP contribution >= 0.6 is 0 Å². The summed E-state index contributed by atoms with van der Waals surface area (Å²) in [6, 6.07) is -17.9. The highest BCUT2D eigenvalue weighted by molar-refractivity contribution is 6.00. The number of guanidine groups is 2. The van der Waals surface area contributed by atoms with Gasteiger partial charge >= 0.3 is 17.9 Å². The normalized spacial score (nSPS) is 15.0. The third-order valence-corrected chi connectivity index (χ3v) is 13.3. The number of hydrogen-bond donors (Lipinski definition) is 22. The smallest absolute Gasteiger partial charge is 0.328 e. The topological polar surface area (TPSA) is 667 Å². The predicted molar refractivity (Wildman–Crippen MR) is 329 cm³/mol. The maximum Gasteiger partial charge on any atom is 0.328 e. The van der Waals surface area contributed by atoms with E-state index in [2.05, 4.69) is 63.2 Å². The predicted octanol–water partition coefficient (Wildman–Crippen LogP) is -8.43. The van der Waals surface area contributed by atoms with E-state index in [9.17, 15) is 92.7 Å². The molecule has 0 bridgehead atoms. The molecule has 0 aromatic carbocycles. The van der Waals surface area contributed by atoms with Gasteiger partial charge in [-0.15, -0.1) is 0 Å². The largest absolute Gasteiger partial charge is 0.481 e. The maximum atomic E-state index is 14.3. The Kier molecular flexibility index (Phi) is 39.3. The first kappa shape index (κ1) is 83.0. The standard InChI is InChI=1S/C54H97N19O19/c1-25(2)21-34(48(87)72-37(24-74)52(91)92)69-45(84)31(13-10-20-63-54(60)61)68-51(90)41(28(6)75)73-50(89)35(22-26(3)4)70-49(88)36(23-40(79)80)71-44(83)29(11-7-8-18-55)65-43(82)30(12-9-19-62-53(58)59)66-46(85)32(14-16-38(57)76)67-47(86)33(15-17-39(77)78)64-42(81)27(5)56/h25-37,41,74-75H,7-24,55-56H2,1-6H3,(H2,57,76)(H,64,81)(H,65,82)(H,66,85)(H,67,86)(H,68,90)(H,69,84)(H,70,88)(H,71,83)(H,72,87)(H,73,89)(H,77,78)(H,79,80)(H,91,92)(H4,58,59,62)(H4,60,61,63)/t27-,28+,29-,30-,31-,32-,33-,34-,35-,36-,37-,41-/m0/s1. The van der Waals surface area contributed by atoms with Gasteiger partial charge in [0.1, 0.15) is 60.4 Å². The summed E-state index contributed by atoms with van der Waals surface area (Å²) in [5.41, 5.74) is 38.5. The summed E-state index contributed by atoms with van der Waals surface area (Å²) in [5.74, 6) is -17.7. The van der Waals surface area contributed by atoms with Crippen molar-refractivity contribution in [3.05, 3.63) is 0 Å². The SMILES string of the molecule is CC(C)C[C@H](NC(=O)[C@H](CCCN=C(N)N)NC(=O)[C@@H](NC(=O)[C@H](CC(C)C)NC(=O)[C@H](CC(=O)O)NC(=O)[C@H](CCCCN)NC(=O)[C@H](CCCN=C(N)N)NC(=O)[C@H](CCC(N)=O)NC(=O)[C@H](CCC(=O)O)NC(=O)[C@H](C)N)[C@@H](C)O)C(=O)N[C@@H](CO)C(=O)O. The molecule has 522 valence electrons. The number of carbonyl (C=O) groups is 14. The van der Waals surface area contributed by atoms with E-state index in [1.165, 1.54) is 6.92 Å². The van der Waals surface area contributed by atoms with Gasteiger partial charge in [0.25, 0.3) is 0 Å². The number of nitrogens with one attached hydrogen (secondary N) is 10. The van der Waals surface area contributed by atoms with E-state index in [1.807, 2.05) is 0 Å². The summed E-state index contributed by atoms with van der Waals surface area (Å²) in [6.45, 7) is 7.95. The van der Waals surface area contributed by atoms with Gasteiger partial charge in [0.2, 0.25) is 65.0 Å². The molecule has 38 heteroatoms. The lowest BCUT2D eigenvalue weighted by atomic mass is 10.0. The first-order valence-corrected chi connectivity index (χ1v) is 29.8. The lowest BCUT2D eigenvalue weighted by molar-refractivity contribution is -0.143. The van der Waals surface area contributed by atoms with Gasteiger partial charge in [-0.2, -0.15) is 0 Å². The van der Waals surface area contributed by atoms with Gasteiger partial charge in [-0.3, -0.25) is 72.3 Å². The fraction of sp³-hybridized carbons (Fsp3) is 0.704. The molecule has 0 saturated carbocycles.